The van der Waals surface area contributed by atoms with Crippen LogP contribution in [0.5, 0.6) is 5.75 Å². The molecule has 14 heavy (non-hydrogen) atoms. The lowest BCUT2D eigenvalue weighted by atomic mass is 10.3. The maximum absolute atomic E-state index is 12.7. The van der Waals surface area contributed by atoms with Gasteiger partial charge >= 0.3 is 5.97 Å². The van der Waals surface area contributed by atoms with Crippen molar-refractivity contribution >= 4 is 21.9 Å². The molecule has 0 amide bonds. The van der Waals surface area contributed by atoms with Crippen molar-refractivity contribution in [1.82, 2.24) is 0 Å². The second-order valence-corrected chi connectivity index (χ2v) is 3.86. The lowest BCUT2D eigenvalue weighted by molar-refractivity contribution is -0.133. The average Bonchev–Trinajstić information content (AvgIpc) is 2.16. The van der Waals surface area contributed by atoms with Crippen LogP contribution in [0.25, 0.3) is 0 Å². The van der Waals surface area contributed by atoms with E-state index in [0.29, 0.717) is 6.42 Å². The first-order chi connectivity index (χ1) is 6.63. The van der Waals surface area contributed by atoms with Crippen molar-refractivity contribution < 1.29 is 13.9 Å². The van der Waals surface area contributed by atoms with Crippen LogP contribution in [-0.4, -0.2) is 10.8 Å². The zero-order valence-electron chi connectivity index (χ0n) is 7.67. The molecular weight excluding hydrogens is 251 g/mol. The van der Waals surface area contributed by atoms with E-state index in [0.717, 1.165) is 0 Å². The molecule has 0 aliphatic heterocycles. The van der Waals surface area contributed by atoms with Gasteiger partial charge in [0, 0.05) is 6.07 Å². The SMILES string of the molecule is CCC(Br)C(=O)Oc1cccc(F)c1. The molecule has 0 N–H and O–H groups in total. The molecule has 4 heteroatoms. The highest BCUT2D eigenvalue weighted by Gasteiger charge is 2.14. The van der Waals surface area contributed by atoms with Crippen LogP contribution >= 0.6 is 15.9 Å². The van der Waals surface area contributed by atoms with Crippen molar-refractivity contribution in [1.29, 1.82) is 0 Å². The van der Waals surface area contributed by atoms with Crippen LogP contribution in [0.4, 0.5) is 4.39 Å². The highest BCUT2D eigenvalue weighted by Crippen LogP contribution is 2.15. The fraction of sp³-hybridized carbons (Fsp3) is 0.300. The number of rotatable bonds is 3. The topological polar surface area (TPSA) is 26.3 Å². The standard InChI is InChI=1S/C10H10BrFO2/c1-2-9(11)10(13)14-8-5-3-4-7(12)6-8/h3-6,9H,2H2,1H3. The Labute approximate surface area is 90.2 Å². The van der Waals surface area contributed by atoms with E-state index in [1.54, 1.807) is 0 Å². The van der Waals surface area contributed by atoms with E-state index in [-0.39, 0.29) is 10.6 Å². The summed E-state index contributed by atoms with van der Waals surface area (Å²) in [6.45, 7) is 1.85. The van der Waals surface area contributed by atoms with Gasteiger partial charge in [-0.2, -0.15) is 0 Å². The number of halogens is 2. The molecule has 1 rings (SSSR count). The molecule has 1 atom stereocenters. The van der Waals surface area contributed by atoms with Crippen LogP contribution in [0, 0.1) is 5.82 Å². The normalized spacial score (nSPS) is 12.2. The van der Waals surface area contributed by atoms with Crippen LogP contribution in [0.1, 0.15) is 13.3 Å². The summed E-state index contributed by atoms with van der Waals surface area (Å²) in [5, 5.41) is 0. The van der Waals surface area contributed by atoms with E-state index in [1.165, 1.54) is 24.3 Å². The van der Waals surface area contributed by atoms with E-state index < -0.39 is 11.8 Å². The molecular formula is C10H10BrFO2. The highest BCUT2D eigenvalue weighted by atomic mass is 79.9. The summed E-state index contributed by atoms with van der Waals surface area (Å²) in [5.74, 6) is -0.594. The van der Waals surface area contributed by atoms with E-state index >= 15 is 0 Å². The minimum absolute atomic E-state index is 0.230. The van der Waals surface area contributed by atoms with Gasteiger partial charge in [-0.05, 0) is 18.6 Å². The van der Waals surface area contributed by atoms with E-state index in [9.17, 15) is 9.18 Å². The molecule has 1 aromatic rings. The number of carbonyl (C=O) groups is 1. The maximum Gasteiger partial charge on any atom is 0.325 e. The summed E-state index contributed by atoms with van der Waals surface area (Å²) < 4.78 is 17.6. The summed E-state index contributed by atoms with van der Waals surface area (Å²) in [4.78, 5) is 10.9. The third-order valence-corrected chi connectivity index (χ3v) is 2.65. The van der Waals surface area contributed by atoms with Gasteiger partial charge in [0.1, 0.15) is 16.4 Å². The van der Waals surface area contributed by atoms with Gasteiger partial charge in [-0.25, -0.2) is 4.39 Å². The zero-order valence-corrected chi connectivity index (χ0v) is 9.25. The number of esters is 1. The molecule has 0 spiro atoms. The molecule has 0 bridgehead atoms. The Bertz CT molecular complexity index is 328. The predicted molar refractivity (Wildman–Crippen MR) is 55.0 cm³/mol. The van der Waals surface area contributed by atoms with Gasteiger partial charge in [-0.1, -0.05) is 28.9 Å². The van der Waals surface area contributed by atoms with Crippen LogP contribution in [0.2, 0.25) is 0 Å². The van der Waals surface area contributed by atoms with Crippen molar-refractivity contribution in [3.8, 4) is 5.75 Å². The Morgan fingerprint density at radius 2 is 2.36 bits per heavy atom. The van der Waals surface area contributed by atoms with Gasteiger partial charge in [0.05, 0.1) is 0 Å². The van der Waals surface area contributed by atoms with E-state index in [1.807, 2.05) is 6.92 Å². The number of benzene rings is 1. The van der Waals surface area contributed by atoms with Crippen LogP contribution in [0.15, 0.2) is 24.3 Å². The van der Waals surface area contributed by atoms with Crippen molar-refractivity contribution in [2.45, 2.75) is 18.2 Å². The number of alkyl halides is 1. The second-order valence-electron chi connectivity index (χ2n) is 2.75. The molecule has 0 heterocycles. The Hall–Kier alpha value is -0.900. The van der Waals surface area contributed by atoms with Gasteiger partial charge in [-0.3, -0.25) is 4.79 Å². The molecule has 0 saturated heterocycles. The van der Waals surface area contributed by atoms with Crippen LogP contribution < -0.4 is 4.74 Å². The first kappa shape index (κ1) is 11.2. The molecule has 76 valence electrons. The summed E-state index contributed by atoms with van der Waals surface area (Å²) >= 11 is 3.15. The van der Waals surface area contributed by atoms with Gasteiger partial charge < -0.3 is 4.74 Å². The molecule has 0 saturated carbocycles. The number of ether oxygens (including phenoxy) is 1. The van der Waals surface area contributed by atoms with Crippen LogP contribution in [0.3, 0.4) is 0 Å². The maximum atomic E-state index is 12.7. The van der Waals surface area contributed by atoms with Crippen molar-refractivity contribution in [2.24, 2.45) is 0 Å². The van der Waals surface area contributed by atoms with Gasteiger partial charge in [0.2, 0.25) is 0 Å². The molecule has 0 fully saturated rings. The first-order valence-corrected chi connectivity index (χ1v) is 5.16. The second kappa shape index (κ2) is 5.10. The average molecular weight is 261 g/mol. The Morgan fingerprint density at radius 3 is 2.93 bits per heavy atom. The predicted octanol–water partition coefficient (Wildman–Crippen LogP) is 2.90. The summed E-state index contributed by atoms with van der Waals surface area (Å²) in [7, 11) is 0. The number of hydrogen-bond acceptors (Lipinski definition) is 2. The summed E-state index contributed by atoms with van der Waals surface area (Å²) in [5.41, 5.74) is 0. The third kappa shape index (κ3) is 3.10. The van der Waals surface area contributed by atoms with Gasteiger partial charge in [0.15, 0.2) is 0 Å². The fourth-order valence-electron chi connectivity index (χ4n) is 0.877. The van der Waals surface area contributed by atoms with Crippen molar-refractivity contribution in [3.63, 3.8) is 0 Å². The molecule has 0 aliphatic rings. The largest absolute Gasteiger partial charge is 0.426 e. The third-order valence-electron chi connectivity index (χ3n) is 1.63. The van der Waals surface area contributed by atoms with E-state index in [4.69, 9.17) is 4.74 Å². The lowest BCUT2D eigenvalue weighted by Crippen LogP contribution is -2.19. The fourth-order valence-corrected chi connectivity index (χ4v) is 0.971. The molecule has 0 aliphatic carbocycles. The van der Waals surface area contributed by atoms with Gasteiger partial charge in [-0.15, -0.1) is 0 Å². The lowest BCUT2D eigenvalue weighted by Gasteiger charge is -2.07. The Kier molecular flexibility index (Phi) is 4.07. The highest BCUT2D eigenvalue weighted by molar-refractivity contribution is 9.10. The molecule has 1 unspecified atom stereocenters. The minimum Gasteiger partial charge on any atom is -0.426 e. The number of carbonyl (C=O) groups excluding carboxylic acids is 1. The zero-order chi connectivity index (χ0) is 10.6. The Balaban J connectivity index is 2.65. The van der Waals surface area contributed by atoms with Crippen molar-refractivity contribution in [3.05, 3.63) is 30.1 Å². The Morgan fingerprint density at radius 1 is 1.64 bits per heavy atom. The monoisotopic (exact) mass is 260 g/mol. The molecule has 2 nitrogen and oxygen atoms in total. The molecule has 0 aromatic heterocycles. The molecule has 1 aromatic carbocycles. The first-order valence-electron chi connectivity index (χ1n) is 4.24. The summed E-state index contributed by atoms with van der Waals surface area (Å²) in [6, 6.07) is 5.50. The quantitative estimate of drug-likeness (QED) is 0.475. The van der Waals surface area contributed by atoms with Gasteiger partial charge in [0.25, 0.3) is 0 Å². The van der Waals surface area contributed by atoms with Crippen LogP contribution in [-0.2, 0) is 4.79 Å². The molecule has 0 radical (unpaired) electrons. The smallest absolute Gasteiger partial charge is 0.325 e. The van der Waals surface area contributed by atoms with Crippen molar-refractivity contribution in [2.75, 3.05) is 0 Å². The minimum atomic E-state index is -0.419. The number of hydrogen-bond donors (Lipinski definition) is 0. The van der Waals surface area contributed by atoms with E-state index in [2.05, 4.69) is 15.9 Å². The summed E-state index contributed by atoms with van der Waals surface area (Å²) in [6.07, 6.45) is 0.633.